The van der Waals surface area contributed by atoms with Gasteiger partial charge in [0.25, 0.3) is 0 Å². The molecule has 2 atom stereocenters. The Bertz CT molecular complexity index is 2940. The molecule has 0 radical (unpaired) electrons. The number of rotatable bonds is 8. The van der Waals surface area contributed by atoms with Crippen molar-refractivity contribution in [1.29, 1.82) is 0 Å². The first-order valence-corrected chi connectivity index (χ1v) is 19.6. The average Bonchev–Trinajstić information content (AvgIpc) is 3.70. The van der Waals surface area contributed by atoms with Crippen LogP contribution >= 0.6 is 0 Å². The average molecular weight is 722 g/mol. The number of hydrogen-bond acceptors (Lipinski definition) is 2. The lowest BCUT2D eigenvalue weighted by Crippen LogP contribution is -2.31. The minimum absolute atomic E-state index is 0.0954. The fraction of sp³-hybridized carbons (Fsp3) is 0.0943. The van der Waals surface area contributed by atoms with E-state index in [9.17, 15) is 0 Å². The standard InChI is InChI=1S/C53H43N3/c1-53(2)46-28-15-25-41(50(46)45-33-37-19-9-10-20-38(37)34-47(45)53)39-21-13-16-35(32-39)30-31-48(55-52(54)36-17-5-3-6-18-36)44-27-14-26-43-42-24-11-12-29-49(42)56(51(43)44)40-22-7-4-8-23-40/h3-34,48,52,55H,54H2,1-2H3/b31-30+. The van der Waals surface area contributed by atoms with Crippen LogP contribution in [0, 0.1) is 0 Å². The summed E-state index contributed by atoms with van der Waals surface area (Å²) < 4.78 is 2.40. The van der Waals surface area contributed by atoms with Crippen LogP contribution in [0.5, 0.6) is 0 Å². The van der Waals surface area contributed by atoms with Gasteiger partial charge in [-0.3, -0.25) is 5.32 Å². The van der Waals surface area contributed by atoms with E-state index < -0.39 is 0 Å². The molecule has 0 spiro atoms. The van der Waals surface area contributed by atoms with Gasteiger partial charge in [0, 0.05) is 21.9 Å². The molecular formula is C53H43N3. The van der Waals surface area contributed by atoms with E-state index in [4.69, 9.17) is 5.73 Å². The van der Waals surface area contributed by atoms with E-state index in [1.807, 2.05) is 18.2 Å². The van der Waals surface area contributed by atoms with Crippen LogP contribution in [0.1, 0.15) is 53.9 Å². The molecule has 0 bridgehead atoms. The quantitative estimate of drug-likeness (QED) is 0.153. The molecule has 0 amide bonds. The van der Waals surface area contributed by atoms with Crippen molar-refractivity contribution in [2.45, 2.75) is 31.5 Å². The molecule has 270 valence electrons. The fourth-order valence-corrected chi connectivity index (χ4v) is 9.07. The topological polar surface area (TPSA) is 43.0 Å². The van der Waals surface area contributed by atoms with Gasteiger partial charge in [0.05, 0.1) is 23.2 Å². The molecule has 0 fully saturated rings. The zero-order valence-electron chi connectivity index (χ0n) is 31.7. The molecule has 9 aromatic rings. The van der Waals surface area contributed by atoms with Gasteiger partial charge in [-0.1, -0.05) is 172 Å². The summed E-state index contributed by atoms with van der Waals surface area (Å²) in [4.78, 5) is 0. The van der Waals surface area contributed by atoms with Crippen LogP contribution in [0.4, 0.5) is 0 Å². The Morgan fingerprint density at radius 3 is 2.09 bits per heavy atom. The Balaban J connectivity index is 1.10. The summed E-state index contributed by atoms with van der Waals surface area (Å²) in [5.41, 5.74) is 21.6. The normalized spacial score (nSPS) is 14.3. The molecule has 1 aromatic heterocycles. The molecule has 1 aliphatic carbocycles. The minimum Gasteiger partial charge on any atom is -0.312 e. The molecule has 3 N–H and O–H groups in total. The van der Waals surface area contributed by atoms with Gasteiger partial charge >= 0.3 is 0 Å². The number of para-hydroxylation sites is 3. The van der Waals surface area contributed by atoms with Crippen LogP contribution in [-0.2, 0) is 5.41 Å². The van der Waals surface area contributed by atoms with E-state index in [2.05, 4.69) is 200 Å². The van der Waals surface area contributed by atoms with Crippen molar-refractivity contribution in [3.05, 3.63) is 216 Å². The summed E-state index contributed by atoms with van der Waals surface area (Å²) >= 11 is 0. The van der Waals surface area contributed by atoms with E-state index >= 15 is 0 Å². The van der Waals surface area contributed by atoms with Crippen molar-refractivity contribution in [3.63, 3.8) is 0 Å². The predicted molar refractivity (Wildman–Crippen MR) is 236 cm³/mol. The second-order valence-electron chi connectivity index (χ2n) is 15.5. The second-order valence-corrected chi connectivity index (χ2v) is 15.5. The summed E-state index contributed by atoms with van der Waals surface area (Å²) in [7, 11) is 0. The lowest BCUT2D eigenvalue weighted by atomic mass is 9.81. The van der Waals surface area contributed by atoms with Gasteiger partial charge in [-0.25, -0.2) is 0 Å². The van der Waals surface area contributed by atoms with E-state index in [0.717, 1.165) is 22.4 Å². The molecule has 1 heterocycles. The third-order valence-electron chi connectivity index (χ3n) is 11.8. The molecule has 2 unspecified atom stereocenters. The lowest BCUT2D eigenvalue weighted by molar-refractivity contribution is 0.510. The van der Waals surface area contributed by atoms with E-state index in [-0.39, 0.29) is 17.6 Å². The van der Waals surface area contributed by atoms with Crippen molar-refractivity contribution >= 4 is 38.7 Å². The van der Waals surface area contributed by atoms with E-state index in [0.29, 0.717) is 0 Å². The molecule has 56 heavy (non-hydrogen) atoms. The molecule has 10 rings (SSSR count). The second kappa shape index (κ2) is 13.6. The Morgan fingerprint density at radius 1 is 0.589 bits per heavy atom. The molecule has 0 saturated heterocycles. The number of nitrogens with two attached hydrogens (primary N) is 1. The number of nitrogens with one attached hydrogen (secondary N) is 1. The maximum Gasteiger partial charge on any atom is 0.0817 e. The predicted octanol–water partition coefficient (Wildman–Crippen LogP) is 12.9. The molecule has 0 saturated carbocycles. The molecule has 1 aliphatic rings. The largest absolute Gasteiger partial charge is 0.312 e. The maximum absolute atomic E-state index is 6.97. The van der Waals surface area contributed by atoms with E-state index in [1.54, 1.807) is 0 Å². The Labute approximate surface area is 328 Å². The van der Waals surface area contributed by atoms with Crippen molar-refractivity contribution in [2.75, 3.05) is 0 Å². The van der Waals surface area contributed by atoms with Gasteiger partial charge in [-0.2, -0.15) is 0 Å². The molecule has 0 aliphatic heterocycles. The molecular weight excluding hydrogens is 679 g/mol. The highest BCUT2D eigenvalue weighted by atomic mass is 15.1. The first-order chi connectivity index (χ1) is 27.5. The molecule has 3 heteroatoms. The zero-order valence-corrected chi connectivity index (χ0v) is 31.7. The number of benzene rings is 8. The molecule has 8 aromatic carbocycles. The summed E-state index contributed by atoms with van der Waals surface area (Å²) in [6.45, 7) is 4.72. The smallest absolute Gasteiger partial charge is 0.0817 e. The number of fused-ring (bicyclic) bond motifs is 7. The SMILES string of the molecule is CC1(C)c2cc3ccccc3cc2-c2c(-c3cccc(/C=C/C(NC(N)c4ccccc4)c4cccc5c6ccccc6n(-c6ccccc6)c45)c3)cccc21. The van der Waals surface area contributed by atoms with Gasteiger partial charge in [0.1, 0.15) is 0 Å². The van der Waals surface area contributed by atoms with Gasteiger partial charge in [0.2, 0.25) is 0 Å². The van der Waals surface area contributed by atoms with Crippen molar-refractivity contribution < 1.29 is 0 Å². The van der Waals surface area contributed by atoms with Gasteiger partial charge in [-0.05, 0) is 97.2 Å². The van der Waals surface area contributed by atoms with Gasteiger partial charge < -0.3 is 10.3 Å². The first kappa shape index (κ1) is 34.0. The van der Waals surface area contributed by atoms with Crippen LogP contribution in [-0.4, -0.2) is 4.57 Å². The Morgan fingerprint density at radius 2 is 1.27 bits per heavy atom. The van der Waals surface area contributed by atoms with E-state index in [1.165, 1.54) is 66.0 Å². The lowest BCUT2D eigenvalue weighted by Gasteiger charge is -2.23. The third kappa shape index (κ3) is 5.67. The first-order valence-electron chi connectivity index (χ1n) is 19.6. The van der Waals surface area contributed by atoms with Crippen molar-refractivity contribution in [2.24, 2.45) is 5.73 Å². The number of aromatic nitrogens is 1. The zero-order chi connectivity index (χ0) is 37.8. The van der Waals surface area contributed by atoms with Crippen LogP contribution < -0.4 is 11.1 Å². The summed E-state index contributed by atoms with van der Waals surface area (Å²) in [6, 6.07) is 65.4. The monoisotopic (exact) mass is 721 g/mol. The fourth-order valence-electron chi connectivity index (χ4n) is 9.07. The van der Waals surface area contributed by atoms with Gasteiger partial charge in [-0.15, -0.1) is 0 Å². The van der Waals surface area contributed by atoms with Crippen LogP contribution in [0.25, 0.3) is 66.6 Å². The summed E-state index contributed by atoms with van der Waals surface area (Å²) in [5.74, 6) is 0. The van der Waals surface area contributed by atoms with Crippen LogP contribution in [0.15, 0.2) is 188 Å². The van der Waals surface area contributed by atoms with Crippen molar-refractivity contribution in [1.82, 2.24) is 9.88 Å². The number of hydrogen-bond donors (Lipinski definition) is 2. The minimum atomic E-state index is -0.381. The van der Waals surface area contributed by atoms with Gasteiger partial charge in [0.15, 0.2) is 0 Å². The summed E-state index contributed by atoms with van der Waals surface area (Å²) in [6.07, 6.45) is 4.15. The van der Waals surface area contributed by atoms with Crippen LogP contribution in [0.3, 0.4) is 0 Å². The highest BCUT2D eigenvalue weighted by Gasteiger charge is 2.37. The summed E-state index contributed by atoms with van der Waals surface area (Å²) in [5, 5.41) is 8.83. The highest BCUT2D eigenvalue weighted by molar-refractivity contribution is 6.10. The Kier molecular flexibility index (Phi) is 8.29. The Hall–Kier alpha value is -6.52. The number of nitrogens with zero attached hydrogens (tertiary/aromatic N) is 1. The van der Waals surface area contributed by atoms with Crippen molar-refractivity contribution in [3.8, 4) is 27.9 Å². The maximum atomic E-state index is 6.97. The highest BCUT2D eigenvalue weighted by Crippen LogP contribution is 2.53. The molecule has 3 nitrogen and oxygen atoms in total. The van der Waals surface area contributed by atoms with Crippen LogP contribution in [0.2, 0.25) is 0 Å². The third-order valence-corrected chi connectivity index (χ3v) is 11.8.